The summed E-state index contributed by atoms with van der Waals surface area (Å²) in [5, 5.41) is 3.11. The van der Waals surface area contributed by atoms with Crippen LogP contribution in [0.2, 0.25) is 0 Å². The van der Waals surface area contributed by atoms with Gasteiger partial charge in [-0.1, -0.05) is 60.2 Å². The Morgan fingerprint density at radius 3 is 2.65 bits per heavy atom. The molecular weight excluding hydrogens is 338 g/mol. The van der Waals surface area contributed by atoms with Crippen molar-refractivity contribution < 1.29 is 4.79 Å². The van der Waals surface area contributed by atoms with E-state index < -0.39 is 0 Å². The molecule has 0 spiro atoms. The summed E-state index contributed by atoms with van der Waals surface area (Å²) in [5.74, 6) is 0.238. The minimum absolute atomic E-state index is 0.0810. The molecule has 132 valence electrons. The highest BCUT2D eigenvalue weighted by molar-refractivity contribution is 7.17. The van der Waals surface area contributed by atoms with Crippen molar-refractivity contribution in [3.05, 3.63) is 82.8 Å². The number of rotatable bonds is 5. The van der Waals surface area contributed by atoms with Crippen molar-refractivity contribution in [2.24, 2.45) is 0 Å². The number of carbonyl (C=O) groups is 1. The number of hydrogen-bond acceptors (Lipinski definition) is 3. The third kappa shape index (κ3) is 3.50. The number of benzene rings is 2. The van der Waals surface area contributed by atoms with E-state index in [1.165, 1.54) is 15.8 Å². The number of ketones is 1. The molecule has 0 saturated carbocycles. The first-order chi connectivity index (χ1) is 12.7. The maximum atomic E-state index is 13.0. The van der Waals surface area contributed by atoms with Crippen molar-refractivity contribution in [3.63, 3.8) is 0 Å². The van der Waals surface area contributed by atoms with E-state index >= 15 is 0 Å². The molecule has 3 heteroatoms. The summed E-state index contributed by atoms with van der Waals surface area (Å²) in [4.78, 5) is 15.3. The predicted molar refractivity (Wildman–Crippen MR) is 110 cm³/mol. The second-order valence-corrected chi connectivity index (χ2v) is 7.87. The maximum absolute atomic E-state index is 13.0. The van der Waals surface area contributed by atoms with Crippen LogP contribution >= 0.6 is 11.3 Å². The monoisotopic (exact) mass is 361 g/mol. The van der Waals surface area contributed by atoms with Crippen LogP contribution in [0.4, 0.5) is 0 Å². The van der Waals surface area contributed by atoms with E-state index in [1.54, 1.807) is 11.3 Å². The molecule has 0 fully saturated rings. The summed E-state index contributed by atoms with van der Waals surface area (Å²) in [5.41, 5.74) is 3.71. The lowest BCUT2D eigenvalue weighted by atomic mass is 9.97. The highest BCUT2D eigenvalue weighted by atomic mass is 32.1. The van der Waals surface area contributed by atoms with Gasteiger partial charge in [-0.05, 0) is 31.4 Å². The average Bonchev–Trinajstić information content (AvgIpc) is 3.12. The maximum Gasteiger partial charge on any atom is 0.181 e. The summed E-state index contributed by atoms with van der Waals surface area (Å²) in [6.07, 6.45) is 4.37. The Labute approximate surface area is 158 Å². The van der Waals surface area contributed by atoms with Gasteiger partial charge < -0.3 is 0 Å². The second kappa shape index (κ2) is 7.56. The Hall–Kier alpha value is -2.23. The van der Waals surface area contributed by atoms with E-state index in [4.69, 9.17) is 0 Å². The van der Waals surface area contributed by atoms with Crippen molar-refractivity contribution in [1.29, 1.82) is 0 Å². The smallest absolute Gasteiger partial charge is 0.181 e. The summed E-state index contributed by atoms with van der Waals surface area (Å²) in [7, 11) is 0. The lowest BCUT2D eigenvalue weighted by Crippen LogP contribution is -2.41. The number of carbonyl (C=O) groups excluding carboxylic acids is 1. The van der Waals surface area contributed by atoms with Crippen molar-refractivity contribution in [1.82, 2.24) is 4.90 Å². The van der Waals surface area contributed by atoms with Crippen molar-refractivity contribution in [2.45, 2.75) is 25.8 Å². The Kier molecular flexibility index (Phi) is 5.00. The van der Waals surface area contributed by atoms with Gasteiger partial charge in [-0.15, -0.1) is 11.3 Å². The van der Waals surface area contributed by atoms with Gasteiger partial charge in [0.2, 0.25) is 0 Å². The Balaban J connectivity index is 1.44. The highest BCUT2D eigenvalue weighted by Crippen LogP contribution is 2.28. The Bertz CT molecular complexity index is 941. The van der Waals surface area contributed by atoms with Crippen LogP contribution in [0, 0.1) is 0 Å². The van der Waals surface area contributed by atoms with Crippen LogP contribution in [-0.4, -0.2) is 29.8 Å². The number of thiophene rings is 1. The molecule has 4 rings (SSSR count). The molecule has 1 aliphatic rings. The molecule has 1 aromatic heterocycles. The summed E-state index contributed by atoms with van der Waals surface area (Å²) in [6, 6.07) is 18.7. The van der Waals surface area contributed by atoms with Crippen LogP contribution in [0.3, 0.4) is 0 Å². The first-order valence-corrected chi connectivity index (χ1v) is 10.1. The SMILES string of the molecule is CC(C(=O)c1csc2ccccc12)N1CC=C(Cc2ccccc2)CC1. The third-order valence-corrected chi connectivity index (χ3v) is 6.25. The van der Waals surface area contributed by atoms with Gasteiger partial charge in [0.05, 0.1) is 6.04 Å². The van der Waals surface area contributed by atoms with E-state index in [1.807, 2.05) is 24.4 Å². The molecule has 1 aliphatic heterocycles. The van der Waals surface area contributed by atoms with Crippen molar-refractivity contribution in [2.75, 3.05) is 13.1 Å². The van der Waals surface area contributed by atoms with Crippen LogP contribution < -0.4 is 0 Å². The zero-order chi connectivity index (χ0) is 17.9. The van der Waals surface area contributed by atoms with E-state index in [9.17, 15) is 4.79 Å². The van der Waals surface area contributed by atoms with Gasteiger partial charge in [0, 0.05) is 34.1 Å². The number of hydrogen-bond donors (Lipinski definition) is 0. The van der Waals surface area contributed by atoms with Crippen LogP contribution in [0.15, 0.2) is 71.6 Å². The van der Waals surface area contributed by atoms with Gasteiger partial charge in [-0.2, -0.15) is 0 Å². The number of Topliss-reactive ketones (excluding diaryl/α,β-unsaturated/α-hetero) is 1. The normalized spacial score (nSPS) is 16.4. The van der Waals surface area contributed by atoms with Crippen LogP contribution in [-0.2, 0) is 6.42 Å². The minimum atomic E-state index is -0.0810. The molecule has 0 radical (unpaired) electrons. The first kappa shape index (κ1) is 17.2. The molecule has 2 nitrogen and oxygen atoms in total. The molecule has 2 aromatic carbocycles. The average molecular weight is 362 g/mol. The number of fused-ring (bicyclic) bond motifs is 1. The topological polar surface area (TPSA) is 20.3 Å². The lowest BCUT2D eigenvalue weighted by Gasteiger charge is -2.31. The molecule has 2 heterocycles. The van der Waals surface area contributed by atoms with Gasteiger partial charge >= 0.3 is 0 Å². The summed E-state index contributed by atoms with van der Waals surface area (Å²) in [6.45, 7) is 3.86. The summed E-state index contributed by atoms with van der Waals surface area (Å²) < 4.78 is 1.19. The zero-order valence-electron chi connectivity index (χ0n) is 15.0. The first-order valence-electron chi connectivity index (χ1n) is 9.18. The molecule has 0 bridgehead atoms. The predicted octanol–water partition coefficient (Wildman–Crippen LogP) is 5.35. The second-order valence-electron chi connectivity index (χ2n) is 6.96. The number of nitrogens with zero attached hydrogens (tertiary/aromatic N) is 1. The third-order valence-electron chi connectivity index (χ3n) is 5.28. The molecular formula is C23H23NOS. The van der Waals surface area contributed by atoms with Crippen molar-refractivity contribution >= 4 is 27.2 Å². The standard InChI is InChI=1S/C23H23NOS/c1-17(23(25)21-16-26-22-10-6-5-9-20(21)22)24-13-11-19(12-14-24)15-18-7-3-2-4-8-18/h2-11,16-17H,12-15H2,1H3. The molecule has 0 saturated heterocycles. The van der Waals surface area contributed by atoms with Gasteiger partial charge in [-0.3, -0.25) is 9.69 Å². The molecule has 1 atom stereocenters. The minimum Gasteiger partial charge on any atom is -0.292 e. The summed E-state index contributed by atoms with van der Waals surface area (Å²) >= 11 is 1.66. The largest absolute Gasteiger partial charge is 0.292 e. The van der Waals surface area contributed by atoms with Crippen molar-refractivity contribution in [3.8, 4) is 0 Å². The van der Waals surface area contributed by atoms with Crippen LogP contribution in [0.25, 0.3) is 10.1 Å². The molecule has 0 N–H and O–H groups in total. The van der Waals surface area contributed by atoms with Gasteiger partial charge in [-0.25, -0.2) is 0 Å². The fourth-order valence-electron chi connectivity index (χ4n) is 3.66. The fourth-order valence-corrected chi connectivity index (χ4v) is 4.61. The lowest BCUT2D eigenvalue weighted by molar-refractivity contribution is 0.0850. The Morgan fingerprint density at radius 2 is 1.88 bits per heavy atom. The quantitative estimate of drug-likeness (QED) is 0.451. The zero-order valence-corrected chi connectivity index (χ0v) is 15.8. The Morgan fingerprint density at radius 1 is 1.12 bits per heavy atom. The van der Waals surface area contributed by atoms with Gasteiger partial charge in [0.15, 0.2) is 5.78 Å². The molecule has 26 heavy (non-hydrogen) atoms. The van der Waals surface area contributed by atoms with E-state index in [2.05, 4.69) is 53.4 Å². The van der Waals surface area contributed by atoms with Gasteiger partial charge in [0.25, 0.3) is 0 Å². The molecule has 0 amide bonds. The van der Waals surface area contributed by atoms with Crippen LogP contribution in [0.1, 0.15) is 29.3 Å². The van der Waals surface area contributed by atoms with E-state index in [0.29, 0.717) is 0 Å². The highest BCUT2D eigenvalue weighted by Gasteiger charge is 2.25. The molecule has 1 unspecified atom stereocenters. The van der Waals surface area contributed by atoms with E-state index in [-0.39, 0.29) is 11.8 Å². The molecule has 3 aromatic rings. The fraction of sp³-hybridized carbons (Fsp3) is 0.261. The molecule has 0 aliphatic carbocycles. The van der Waals surface area contributed by atoms with E-state index in [0.717, 1.165) is 36.9 Å². The van der Waals surface area contributed by atoms with Crippen LogP contribution in [0.5, 0.6) is 0 Å². The van der Waals surface area contributed by atoms with Gasteiger partial charge in [0.1, 0.15) is 0 Å².